The van der Waals surface area contributed by atoms with Crippen molar-refractivity contribution >= 4 is 10.9 Å². The summed E-state index contributed by atoms with van der Waals surface area (Å²) in [4.78, 5) is 0. The van der Waals surface area contributed by atoms with Crippen LogP contribution in [0.3, 0.4) is 0 Å². The SMILES string of the molecule is CCC1CCCCC1NCc1cn(C)c2ccccc12. The Morgan fingerprint density at radius 2 is 2.00 bits per heavy atom. The maximum atomic E-state index is 3.83. The van der Waals surface area contributed by atoms with Gasteiger partial charge in [-0.25, -0.2) is 0 Å². The van der Waals surface area contributed by atoms with Gasteiger partial charge in [0.05, 0.1) is 0 Å². The van der Waals surface area contributed by atoms with Crippen LogP contribution in [-0.4, -0.2) is 10.6 Å². The highest BCUT2D eigenvalue weighted by Gasteiger charge is 2.23. The maximum absolute atomic E-state index is 3.83. The molecule has 0 aliphatic heterocycles. The molecule has 0 amide bonds. The van der Waals surface area contributed by atoms with Crippen molar-refractivity contribution in [2.24, 2.45) is 13.0 Å². The van der Waals surface area contributed by atoms with Crippen molar-refractivity contribution in [1.29, 1.82) is 0 Å². The highest BCUT2D eigenvalue weighted by molar-refractivity contribution is 5.83. The van der Waals surface area contributed by atoms with E-state index in [9.17, 15) is 0 Å². The van der Waals surface area contributed by atoms with Crippen LogP contribution in [0.4, 0.5) is 0 Å². The first kappa shape index (κ1) is 13.7. The van der Waals surface area contributed by atoms with Gasteiger partial charge in [0.1, 0.15) is 0 Å². The molecule has 1 heterocycles. The van der Waals surface area contributed by atoms with Gasteiger partial charge in [-0.2, -0.15) is 0 Å². The Kier molecular flexibility index (Phi) is 4.11. The minimum absolute atomic E-state index is 0.715. The number of hydrogen-bond donors (Lipinski definition) is 1. The van der Waals surface area contributed by atoms with E-state index in [0.717, 1.165) is 12.5 Å². The van der Waals surface area contributed by atoms with Gasteiger partial charge in [-0.05, 0) is 30.4 Å². The van der Waals surface area contributed by atoms with Crippen molar-refractivity contribution in [3.63, 3.8) is 0 Å². The van der Waals surface area contributed by atoms with Crippen LogP contribution in [0, 0.1) is 5.92 Å². The summed E-state index contributed by atoms with van der Waals surface area (Å²) in [5, 5.41) is 5.23. The molecule has 108 valence electrons. The molecule has 1 aliphatic rings. The van der Waals surface area contributed by atoms with Crippen LogP contribution in [0.5, 0.6) is 0 Å². The summed E-state index contributed by atoms with van der Waals surface area (Å²) >= 11 is 0. The number of rotatable bonds is 4. The lowest BCUT2D eigenvalue weighted by Crippen LogP contribution is -2.37. The van der Waals surface area contributed by atoms with E-state index < -0.39 is 0 Å². The average Bonchev–Trinajstić information content (AvgIpc) is 2.82. The molecule has 0 bridgehead atoms. The number of aryl methyl sites for hydroxylation is 1. The molecule has 2 atom stereocenters. The highest BCUT2D eigenvalue weighted by Crippen LogP contribution is 2.27. The number of hydrogen-bond acceptors (Lipinski definition) is 1. The zero-order valence-corrected chi connectivity index (χ0v) is 12.7. The van der Waals surface area contributed by atoms with Crippen LogP contribution in [-0.2, 0) is 13.6 Å². The van der Waals surface area contributed by atoms with E-state index >= 15 is 0 Å². The lowest BCUT2D eigenvalue weighted by atomic mass is 9.83. The summed E-state index contributed by atoms with van der Waals surface area (Å²) in [6.07, 6.45) is 9.16. The van der Waals surface area contributed by atoms with Crippen molar-refractivity contribution in [3.05, 3.63) is 36.0 Å². The van der Waals surface area contributed by atoms with Crippen LogP contribution in [0.25, 0.3) is 10.9 Å². The first-order valence-corrected chi connectivity index (χ1v) is 8.06. The number of fused-ring (bicyclic) bond motifs is 1. The third-order valence-electron chi connectivity index (χ3n) is 4.97. The van der Waals surface area contributed by atoms with Crippen molar-refractivity contribution in [2.75, 3.05) is 0 Å². The predicted molar refractivity (Wildman–Crippen MR) is 85.8 cm³/mol. The van der Waals surface area contributed by atoms with Crippen molar-refractivity contribution in [1.82, 2.24) is 9.88 Å². The first-order valence-electron chi connectivity index (χ1n) is 8.06. The standard InChI is InChI=1S/C18H26N2/c1-3-14-8-4-6-10-17(14)19-12-15-13-20(2)18-11-7-5-9-16(15)18/h5,7,9,11,13-14,17,19H,3-4,6,8,10,12H2,1-2H3. The van der Waals surface area contributed by atoms with E-state index in [0.29, 0.717) is 6.04 Å². The van der Waals surface area contributed by atoms with Crippen molar-refractivity contribution in [2.45, 2.75) is 51.6 Å². The quantitative estimate of drug-likeness (QED) is 0.879. The van der Waals surface area contributed by atoms with Crippen molar-refractivity contribution < 1.29 is 0 Å². The zero-order valence-electron chi connectivity index (χ0n) is 12.7. The summed E-state index contributed by atoms with van der Waals surface area (Å²) in [5.74, 6) is 0.874. The highest BCUT2D eigenvalue weighted by atomic mass is 15.0. The van der Waals surface area contributed by atoms with Gasteiger partial charge < -0.3 is 9.88 Å². The third kappa shape index (κ3) is 2.62. The van der Waals surface area contributed by atoms with E-state index in [1.54, 1.807) is 0 Å². The Morgan fingerprint density at radius 3 is 2.85 bits per heavy atom. The Labute approximate surface area is 122 Å². The van der Waals surface area contributed by atoms with Gasteiger partial charge in [0, 0.05) is 36.7 Å². The molecule has 0 radical (unpaired) electrons. The fraction of sp³-hybridized carbons (Fsp3) is 0.556. The van der Waals surface area contributed by atoms with Gasteiger partial charge in [0.2, 0.25) is 0 Å². The molecule has 3 rings (SSSR count). The predicted octanol–water partition coefficient (Wildman–Crippen LogP) is 4.24. The molecule has 2 nitrogen and oxygen atoms in total. The smallest absolute Gasteiger partial charge is 0.0481 e. The van der Waals surface area contributed by atoms with E-state index in [4.69, 9.17) is 0 Å². The third-order valence-corrected chi connectivity index (χ3v) is 4.97. The van der Waals surface area contributed by atoms with Gasteiger partial charge in [0.25, 0.3) is 0 Å². The zero-order chi connectivity index (χ0) is 13.9. The molecule has 1 aromatic carbocycles. The molecule has 2 heteroatoms. The largest absolute Gasteiger partial charge is 0.350 e. The second-order valence-electron chi connectivity index (χ2n) is 6.22. The molecule has 1 N–H and O–H groups in total. The minimum atomic E-state index is 0.715. The number of nitrogens with zero attached hydrogens (tertiary/aromatic N) is 1. The van der Waals surface area contributed by atoms with Crippen LogP contribution in [0.2, 0.25) is 0 Å². The fourth-order valence-corrected chi connectivity index (χ4v) is 3.77. The molecule has 1 saturated carbocycles. The molecule has 2 aromatic rings. The number of benzene rings is 1. The summed E-state index contributed by atoms with van der Waals surface area (Å²) < 4.78 is 2.24. The molecule has 1 aromatic heterocycles. The monoisotopic (exact) mass is 270 g/mol. The maximum Gasteiger partial charge on any atom is 0.0481 e. The second-order valence-corrected chi connectivity index (χ2v) is 6.22. The van der Waals surface area contributed by atoms with Gasteiger partial charge >= 0.3 is 0 Å². The lowest BCUT2D eigenvalue weighted by Gasteiger charge is -2.31. The topological polar surface area (TPSA) is 17.0 Å². The van der Waals surface area contributed by atoms with Crippen LogP contribution >= 0.6 is 0 Å². The Hall–Kier alpha value is -1.28. The van der Waals surface area contributed by atoms with Crippen LogP contribution < -0.4 is 5.32 Å². The number of aromatic nitrogens is 1. The Bertz CT molecular complexity index is 570. The fourth-order valence-electron chi connectivity index (χ4n) is 3.77. The van der Waals surface area contributed by atoms with E-state index in [1.807, 2.05) is 0 Å². The summed E-state index contributed by atoms with van der Waals surface area (Å²) in [5.41, 5.74) is 2.77. The van der Waals surface area contributed by atoms with Gasteiger partial charge in [0.15, 0.2) is 0 Å². The molecule has 2 unspecified atom stereocenters. The van der Waals surface area contributed by atoms with Crippen LogP contribution in [0.1, 0.15) is 44.6 Å². The Balaban J connectivity index is 1.73. The summed E-state index contributed by atoms with van der Waals surface area (Å²) in [6, 6.07) is 9.42. The summed E-state index contributed by atoms with van der Waals surface area (Å²) in [6.45, 7) is 3.34. The number of para-hydroxylation sites is 1. The normalized spacial score (nSPS) is 23.3. The van der Waals surface area contributed by atoms with E-state index in [2.05, 4.69) is 54.3 Å². The van der Waals surface area contributed by atoms with Gasteiger partial charge in [-0.15, -0.1) is 0 Å². The van der Waals surface area contributed by atoms with Crippen LogP contribution in [0.15, 0.2) is 30.5 Å². The minimum Gasteiger partial charge on any atom is -0.350 e. The number of nitrogens with one attached hydrogen (secondary N) is 1. The molecule has 0 spiro atoms. The van der Waals surface area contributed by atoms with Gasteiger partial charge in [-0.1, -0.05) is 44.4 Å². The first-order chi connectivity index (χ1) is 9.79. The molecule has 20 heavy (non-hydrogen) atoms. The summed E-state index contributed by atoms with van der Waals surface area (Å²) in [7, 11) is 2.14. The molecular weight excluding hydrogens is 244 g/mol. The molecule has 1 aliphatic carbocycles. The van der Waals surface area contributed by atoms with E-state index in [1.165, 1.54) is 48.6 Å². The van der Waals surface area contributed by atoms with Crippen molar-refractivity contribution in [3.8, 4) is 0 Å². The molecule has 0 saturated heterocycles. The van der Waals surface area contributed by atoms with Gasteiger partial charge in [-0.3, -0.25) is 0 Å². The molecular formula is C18H26N2. The second kappa shape index (κ2) is 6.01. The van der Waals surface area contributed by atoms with E-state index in [-0.39, 0.29) is 0 Å². The molecule has 1 fully saturated rings. The lowest BCUT2D eigenvalue weighted by molar-refractivity contribution is 0.254. The average molecular weight is 270 g/mol. The Morgan fingerprint density at radius 1 is 1.20 bits per heavy atom.